The first-order valence-electron chi connectivity index (χ1n) is 9.95. The molecule has 5 rings (SSSR count). The van der Waals surface area contributed by atoms with E-state index in [9.17, 15) is 4.79 Å². The van der Waals surface area contributed by atoms with Crippen LogP contribution in [0.2, 0.25) is 0 Å². The van der Waals surface area contributed by atoms with E-state index in [0.717, 1.165) is 59.2 Å². The number of amides is 1. The maximum absolute atomic E-state index is 12.8. The number of aryl methyl sites for hydroxylation is 2. The molecule has 1 fully saturated rings. The van der Waals surface area contributed by atoms with Crippen LogP contribution in [-0.4, -0.2) is 63.4 Å². The maximum atomic E-state index is 12.8. The van der Waals surface area contributed by atoms with Crippen molar-refractivity contribution in [1.29, 1.82) is 0 Å². The van der Waals surface area contributed by atoms with Crippen molar-refractivity contribution in [3.63, 3.8) is 0 Å². The summed E-state index contributed by atoms with van der Waals surface area (Å²) in [5.74, 6) is 1.30. The first-order chi connectivity index (χ1) is 14.5. The number of nitrogens with one attached hydrogen (secondary N) is 1. The molecule has 0 saturated carbocycles. The molecule has 9 heteroatoms. The van der Waals surface area contributed by atoms with Gasteiger partial charge in [0.25, 0.3) is 5.91 Å². The van der Waals surface area contributed by atoms with Gasteiger partial charge in [0, 0.05) is 37.8 Å². The minimum absolute atomic E-state index is 0.178. The number of imidazole rings is 1. The highest BCUT2D eigenvalue weighted by Crippen LogP contribution is 2.27. The van der Waals surface area contributed by atoms with Crippen molar-refractivity contribution < 1.29 is 4.79 Å². The molecule has 5 heterocycles. The number of thiophene rings is 1. The number of piperazine rings is 1. The van der Waals surface area contributed by atoms with E-state index in [0.29, 0.717) is 10.7 Å². The van der Waals surface area contributed by atoms with Gasteiger partial charge < -0.3 is 19.5 Å². The Hall–Kier alpha value is -3.04. The van der Waals surface area contributed by atoms with Crippen molar-refractivity contribution in [3.05, 3.63) is 46.9 Å². The van der Waals surface area contributed by atoms with E-state index in [2.05, 4.69) is 32.1 Å². The van der Waals surface area contributed by atoms with Crippen LogP contribution in [0.1, 0.15) is 21.1 Å². The standard InChI is InChI=1S/C21H23N7OS/c1-13-11-28-12-17(23-14(2)19(28)22-13)24-20(29)16-10-15-4-5-18(25-21(15)30-16)27-8-6-26(3)7-9-27/h4-5,10-12H,6-9H2,1-3H3,(H,24,29). The summed E-state index contributed by atoms with van der Waals surface area (Å²) in [6.45, 7) is 7.83. The largest absolute Gasteiger partial charge is 0.354 e. The van der Waals surface area contributed by atoms with Crippen molar-refractivity contribution in [3.8, 4) is 0 Å². The number of carbonyl (C=O) groups is 1. The fraction of sp³-hybridized carbons (Fsp3) is 0.333. The van der Waals surface area contributed by atoms with Crippen LogP contribution in [-0.2, 0) is 0 Å². The molecule has 0 bridgehead atoms. The minimum Gasteiger partial charge on any atom is -0.354 e. The summed E-state index contributed by atoms with van der Waals surface area (Å²) in [6, 6.07) is 5.98. The fourth-order valence-corrected chi connectivity index (χ4v) is 4.67. The lowest BCUT2D eigenvalue weighted by Crippen LogP contribution is -2.44. The number of nitrogens with zero attached hydrogens (tertiary/aromatic N) is 6. The molecule has 4 aromatic heterocycles. The molecule has 1 N–H and O–H groups in total. The normalized spacial score (nSPS) is 15.2. The zero-order valence-electron chi connectivity index (χ0n) is 17.2. The second-order valence-electron chi connectivity index (χ2n) is 7.74. The third kappa shape index (κ3) is 3.50. The molecule has 154 valence electrons. The number of fused-ring (bicyclic) bond motifs is 2. The average molecular weight is 422 g/mol. The van der Waals surface area contributed by atoms with E-state index < -0.39 is 0 Å². The Labute approximate surface area is 178 Å². The molecule has 0 atom stereocenters. The molecule has 0 aromatic carbocycles. The third-order valence-electron chi connectivity index (χ3n) is 5.39. The number of aromatic nitrogens is 4. The number of rotatable bonds is 3. The van der Waals surface area contributed by atoms with Gasteiger partial charge in [-0.05, 0) is 39.1 Å². The van der Waals surface area contributed by atoms with Crippen LogP contribution >= 0.6 is 11.3 Å². The first-order valence-corrected chi connectivity index (χ1v) is 10.8. The van der Waals surface area contributed by atoms with E-state index in [1.807, 2.05) is 42.6 Å². The number of carbonyl (C=O) groups excluding carboxylic acids is 1. The molecule has 30 heavy (non-hydrogen) atoms. The van der Waals surface area contributed by atoms with Gasteiger partial charge in [0.05, 0.1) is 22.5 Å². The lowest BCUT2D eigenvalue weighted by Gasteiger charge is -2.33. The molecule has 1 amide bonds. The van der Waals surface area contributed by atoms with Crippen molar-refractivity contribution in [2.24, 2.45) is 0 Å². The summed E-state index contributed by atoms with van der Waals surface area (Å²) in [7, 11) is 2.14. The van der Waals surface area contributed by atoms with Gasteiger partial charge in [0.15, 0.2) is 5.65 Å². The Morgan fingerprint density at radius 1 is 1.07 bits per heavy atom. The molecule has 1 aliphatic rings. The Morgan fingerprint density at radius 3 is 2.67 bits per heavy atom. The lowest BCUT2D eigenvalue weighted by molar-refractivity contribution is 0.103. The topological polar surface area (TPSA) is 78.7 Å². The van der Waals surface area contributed by atoms with E-state index in [1.165, 1.54) is 11.3 Å². The number of hydrogen-bond acceptors (Lipinski definition) is 7. The summed E-state index contributed by atoms with van der Waals surface area (Å²) in [4.78, 5) is 32.7. The predicted octanol–water partition coefficient (Wildman–Crippen LogP) is 2.96. The smallest absolute Gasteiger partial charge is 0.267 e. The Balaban J connectivity index is 1.38. The molecular formula is C21H23N7OS. The van der Waals surface area contributed by atoms with E-state index in [-0.39, 0.29) is 5.91 Å². The van der Waals surface area contributed by atoms with E-state index in [1.54, 1.807) is 6.20 Å². The van der Waals surface area contributed by atoms with E-state index in [4.69, 9.17) is 4.98 Å². The predicted molar refractivity (Wildman–Crippen MR) is 120 cm³/mol. The highest BCUT2D eigenvalue weighted by molar-refractivity contribution is 7.20. The zero-order chi connectivity index (χ0) is 20.8. The van der Waals surface area contributed by atoms with Crippen molar-refractivity contribution in [2.45, 2.75) is 13.8 Å². The highest BCUT2D eigenvalue weighted by Gasteiger charge is 2.18. The van der Waals surface area contributed by atoms with Gasteiger partial charge >= 0.3 is 0 Å². The number of anilines is 2. The Morgan fingerprint density at radius 2 is 1.87 bits per heavy atom. The lowest BCUT2D eigenvalue weighted by atomic mass is 10.3. The number of pyridine rings is 1. The average Bonchev–Trinajstić information content (AvgIpc) is 3.31. The molecule has 0 unspecified atom stereocenters. The molecule has 0 aliphatic carbocycles. The summed E-state index contributed by atoms with van der Waals surface area (Å²) >= 11 is 1.41. The van der Waals surface area contributed by atoms with Crippen LogP contribution < -0.4 is 10.2 Å². The molecular weight excluding hydrogens is 398 g/mol. The minimum atomic E-state index is -0.178. The van der Waals surface area contributed by atoms with Crippen molar-refractivity contribution in [1.82, 2.24) is 24.3 Å². The van der Waals surface area contributed by atoms with Crippen LogP contribution in [0.15, 0.2) is 30.6 Å². The quantitative estimate of drug-likeness (QED) is 0.548. The van der Waals surface area contributed by atoms with Gasteiger partial charge in [-0.15, -0.1) is 11.3 Å². The molecule has 4 aromatic rings. The highest BCUT2D eigenvalue weighted by atomic mass is 32.1. The van der Waals surface area contributed by atoms with Crippen LogP contribution in [0.25, 0.3) is 15.9 Å². The van der Waals surface area contributed by atoms with Crippen molar-refractivity contribution >= 4 is 44.7 Å². The summed E-state index contributed by atoms with van der Waals surface area (Å²) in [5, 5.41) is 3.89. The molecule has 0 spiro atoms. The van der Waals surface area contributed by atoms with Gasteiger partial charge in [-0.3, -0.25) is 4.79 Å². The fourth-order valence-electron chi connectivity index (χ4n) is 3.74. The first kappa shape index (κ1) is 19.0. The van der Waals surface area contributed by atoms with Crippen molar-refractivity contribution in [2.75, 3.05) is 43.4 Å². The maximum Gasteiger partial charge on any atom is 0.267 e. The summed E-state index contributed by atoms with van der Waals surface area (Å²) < 4.78 is 1.89. The number of hydrogen-bond donors (Lipinski definition) is 1. The Kier molecular flexibility index (Phi) is 4.63. The molecule has 1 aliphatic heterocycles. The molecule has 1 saturated heterocycles. The second-order valence-corrected chi connectivity index (χ2v) is 8.77. The molecule has 8 nitrogen and oxygen atoms in total. The number of likely N-dealkylation sites (N-methyl/N-ethyl adjacent to an activating group) is 1. The van der Waals surface area contributed by atoms with Crippen LogP contribution in [0.5, 0.6) is 0 Å². The SMILES string of the molecule is Cc1cn2cc(NC(=O)c3cc4ccc(N5CCN(C)CC5)nc4s3)nc(C)c2n1. The monoisotopic (exact) mass is 421 g/mol. The van der Waals surface area contributed by atoms with Crippen LogP contribution in [0, 0.1) is 13.8 Å². The Bertz CT molecular complexity index is 1250. The van der Waals surface area contributed by atoms with Gasteiger partial charge in [0.1, 0.15) is 16.5 Å². The van der Waals surface area contributed by atoms with Gasteiger partial charge in [-0.25, -0.2) is 15.0 Å². The summed E-state index contributed by atoms with van der Waals surface area (Å²) in [5.41, 5.74) is 2.49. The third-order valence-corrected chi connectivity index (χ3v) is 6.43. The molecule has 0 radical (unpaired) electrons. The van der Waals surface area contributed by atoms with Gasteiger partial charge in [-0.1, -0.05) is 0 Å². The summed E-state index contributed by atoms with van der Waals surface area (Å²) in [6.07, 6.45) is 3.71. The zero-order valence-corrected chi connectivity index (χ0v) is 18.0. The van der Waals surface area contributed by atoms with Gasteiger partial charge in [0.2, 0.25) is 0 Å². The van der Waals surface area contributed by atoms with Crippen LogP contribution in [0.4, 0.5) is 11.6 Å². The van der Waals surface area contributed by atoms with Crippen LogP contribution in [0.3, 0.4) is 0 Å². The van der Waals surface area contributed by atoms with Gasteiger partial charge in [-0.2, -0.15) is 0 Å². The van der Waals surface area contributed by atoms with E-state index >= 15 is 0 Å². The second kappa shape index (κ2) is 7.33.